The van der Waals surface area contributed by atoms with Gasteiger partial charge in [0, 0.05) is 7.11 Å². The number of ether oxygens (including phenoxy) is 1. The fourth-order valence-electron chi connectivity index (χ4n) is 1.63. The van der Waals surface area contributed by atoms with Crippen LogP contribution in [0.1, 0.15) is 5.69 Å². The van der Waals surface area contributed by atoms with Gasteiger partial charge in [0.05, 0.1) is 17.6 Å². The van der Waals surface area contributed by atoms with Gasteiger partial charge in [-0.25, -0.2) is 4.98 Å². The van der Waals surface area contributed by atoms with Gasteiger partial charge in [-0.2, -0.15) is 8.78 Å². The average Bonchev–Trinajstić information content (AvgIpc) is 2.38. The topological polar surface area (TPSA) is 55.0 Å². The van der Waals surface area contributed by atoms with Gasteiger partial charge in [0.25, 0.3) is 5.56 Å². The molecule has 0 aliphatic heterocycles. The molecule has 0 amide bonds. The number of H-pyrrole nitrogens is 1. The highest BCUT2D eigenvalue weighted by Gasteiger charge is 2.33. The standard InChI is InChI=1S/C13H12F2N2O2/c1-19-8-4-7-13(14,15)11-12(18)17-10-6-3-2-5-9(10)16-11/h2-7H,8H2,1H3,(H,17,18). The number of hydrogen-bond donors (Lipinski definition) is 1. The lowest BCUT2D eigenvalue weighted by atomic mass is 10.2. The van der Waals surface area contributed by atoms with E-state index in [4.69, 9.17) is 0 Å². The van der Waals surface area contributed by atoms with Crippen molar-refractivity contribution in [3.05, 3.63) is 52.5 Å². The van der Waals surface area contributed by atoms with Gasteiger partial charge in [0.2, 0.25) is 0 Å². The highest BCUT2D eigenvalue weighted by molar-refractivity contribution is 5.73. The summed E-state index contributed by atoms with van der Waals surface area (Å²) in [6, 6.07) is 6.52. The molecule has 4 nitrogen and oxygen atoms in total. The summed E-state index contributed by atoms with van der Waals surface area (Å²) in [7, 11) is 1.39. The van der Waals surface area contributed by atoms with Crippen molar-refractivity contribution < 1.29 is 13.5 Å². The molecule has 2 aromatic rings. The summed E-state index contributed by atoms with van der Waals surface area (Å²) in [5, 5.41) is 0. The Balaban J connectivity index is 2.49. The highest BCUT2D eigenvalue weighted by atomic mass is 19.3. The van der Waals surface area contributed by atoms with Gasteiger partial charge in [-0.05, 0) is 18.2 Å². The summed E-state index contributed by atoms with van der Waals surface area (Å²) in [6.45, 7) is 0.0427. The van der Waals surface area contributed by atoms with Crippen molar-refractivity contribution >= 4 is 11.0 Å². The van der Waals surface area contributed by atoms with E-state index in [1.807, 2.05) is 0 Å². The lowest BCUT2D eigenvalue weighted by Gasteiger charge is -2.10. The molecule has 1 aromatic carbocycles. The zero-order valence-electron chi connectivity index (χ0n) is 10.2. The molecule has 2 rings (SSSR count). The number of nitrogens with one attached hydrogen (secondary N) is 1. The largest absolute Gasteiger partial charge is 0.381 e. The molecule has 100 valence electrons. The molecular formula is C13H12F2N2O2. The number of alkyl halides is 2. The Morgan fingerprint density at radius 1 is 1.42 bits per heavy atom. The van der Waals surface area contributed by atoms with Gasteiger partial charge in [-0.15, -0.1) is 0 Å². The molecule has 0 atom stereocenters. The summed E-state index contributed by atoms with van der Waals surface area (Å²) in [5.74, 6) is -3.43. The molecule has 0 spiro atoms. The Morgan fingerprint density at radius 2 is 2.16 bits per heavy atom. The number of hydrogen-bond acceptors (Lipinski definition) is 3. The quantitative estimate of drug-likeness (QED) is 0.863. The summed E-state index contributed by atoms with van der Waals surface area (Å²) in [6.07, 6.45) is 1.76. The van der Waals surface area contributed by atoms with Crippen molar-refractivity contribution in [1.82, 2.24) is 9.97 Å². The van der Waals surface area contributed by atoms with E-state index in [1.54, 1.807) is 24.3 Å². The van der Waals surface area contributed by atoms with Crippen LogP contribution in [0.3, 0.4) is 0 Å². The van der Waals surface area contributed by atoms with Gasteiger partial charge in [-0.3, -0.25) is 4.79 Å². The maximum Gasteiger partial charge on any atom is 0.313 e. The monoisotopic (exact) mass is 266 g/mol. The minimum Gasteiger partial charge on any atom is -0.381 e. The normalized spacial score (nSPS) is 12.4. The Hall–Kier alpha value is -2.08. The van der Waals surface area contributed by atoms with Crippen molar-refractivity contribution in [1.29, 1.82) is 0 Å². The third-order valence-corrected chi connectivity index (χ3v) is 2.51. The number of para-hydroxylation sites is 2. The lowest BCUT2D eigenvalue weighted by Crippen LogP contribution is -2.25. The second-order valence-electron chi connectivity index (χ2n) is 3.91. The molecular weight excluding hydrogens is 254 g/mol. The average molecular weight is 266 g/mol. The summed E-state index contributed by atoms with van der Waals surface area (Å²) in [5.41, 5.74) is -0.978. The zero-order valence-corrected chi connectivity index (χ0v) is 10.2. The highest BCUT2D eigenvalue weighted by Crippen LogP contribution is 2.26. The van der Waals surface area contributed by atoms with Crippen LogP contribution in [-0.4, -0.2) is 23.7 Å². The van der Waals surface area contributed by atoms with E-state index in [2.05, 4.69) is 14.7 Å². The fourth-order valence-corrected chi connectivity index (χ4v) is 1.63. The molecule has 0 fully saturated rings. The minimum atomic E-state index is -3.43. The number of allylic oxidation sites excluding steroid dienone is 1. The predicted octanol–water partition coefficient (Wildman–Crippen LogP) is 2.22. The molecule has 1 aromatic heterocycles. The Kier molecular flexibility index (Phi) is 3.71. The SMILES string of the molecule is COCC=CC(F)(F)c1nc2ccccc2[nH]c1=O. The van der Waals surface area contributed by atoms with Gasteiger partial charge in [0.1, 0.15) is 0 Å². The van der Waals surface area contributed by atoms with Crippen LogP contribution in [0.2, 0.25) is 0 Å². The molecule has 6 heteroatoms. The number of aromatic amines is 1. The number of nitrogens with zero attached hydrogens (tertiary/aromatic N) is 1. The Bertz CT molecular complexity index is 665. The molecule has 0 bridgehead atoms. The van der Waals surface area contributed by atoms with Crippen LogP contribution in [-0.2, 0) is 10.7 Å². The van der Waals surface area contributed by atoms with Gasteiger partial charge >= 0.3 is 5.92 Å². The molecule has 0 aliphatic carbocycles. The first kappa shape index (κ1) is 13.4. The van der Waals surface area contributed by atoms with Gasteiger partial charge in [-0.1, -0.05) is 18.2 Å². The maximum absolute atomic E-state index is 13.8. The van der Waals surface area contributed by atoms with Crippen LogP contribution in [0.4, 0.5) is 8.78 Å². The maximum atomic E-state index is 13.8. The second kappa shape index (κ2) is 5.27. The molecule has 19 heavy (non-hydrogen) atoms. The third-order valence-electron chi connectivity index (χ3n) is 2.51. The number of aromatic nitrogens is 2. The summed E-state index contributed by atoms with van der Waals surface area (Å²) in [4.78, 5) is 17.8. The number of benzene rings is 1. The number of rotatable bonds is 4. The molecule has 0 aliphatic rings. The van der Waals surface area contributed by atoms with E-state index in [0.29, 0.717) is 17.1 Å². The van der Waals surface area contributed by atoms with E-state index < -0.39 is 17.2 Å². The van der Waals surface area contributed by atoms with Crippen LogP contribution >= 0.6 is 0 Å². The first-order chi connectivity index (χ1) is 9.04. The molecule has 1 heterocycles. The predicted molar refractivity (Wildman–Crippen MR) is 67.3 cm³/mol. The number of halogens is 2. The number of fused-ring (bicyclic) bond motifs is 1. The zero-order chi connectivity index (χ0) is 13.9. The molecule has 0 radical (unpaired) electrons. The molecule has 0 saturated heterocycles. The van der Waals surface area contributed by atoms with Crippen LogP contribution in [0.15, 0.2) is 41.2 Å². The van der Waals surface area contributed by atoms with Gasteiger partial charge < -0.3 is 9.72 Å². The smallest absolute Gasteiger partial charge is 0.313 e. The first-order valence-corrected chi connectivity index (χ1v) is 5.58. The van der Waals surface area contributed by atoms with E-state index in [-0.39, 0.29) is 6.61 Å². The second-order valence-corrected chi connectivity index (χ2v) is 3.91. The van der Waals surface area contributed by atoms with Crippen LogP contribution in [0.5, 0.6) is 0 Å². The van der Waals surface area contributed by atoms with Crippen LogP contribution in [0.25, 0.3) is 11.0 Å². The van der Waals surface area contributed by atoms with Crippen molar-refractivity contribution in [3.63, 3.8) is 0 Å². The van der Waals surface area contributed by atoms with Crippen molar-refractivity contribution in [2.45, 2.75) is 5.92 Å². The number of methoxy groups -OCH3 is 1. The Labute approximate surface area is 107 Å². The lowest BCUT2D eigenvalue weighted by molar-refractivity contribution is 0.0449. The van der Waals surface area contributed by atoms with Gasteiger partial charge in [0.15, 0.2) is 5.69 Å². The van der Waals surface area contributed by atoms with E-state index in [9.17, 15) is 13.6 Å². The fraction of sp³-hybridized carbons (Fsp3) is 0.231. The van der Waals surface area contributed by atoms with E-state index in [0.717, 1.165) is 6.08 Å². The third kappa shape index (κ3) is 2.85. The summed E-state index contributed by atoms with van der Waals surface area (Å²) < 4.78 is 32.3. The molecule has 0 saturated carbocycles. The van der Waals surface area contributed by atoms with E-state index >= 15 is 0 Å². The van der Waals surface area contributed by atoms with E-state index in [1.165, 1.54) is 7.11 Å². The van der Waals surface area contributed by atoms with Crippen LogP contribution in [0, 0.1) is 0 Å². The minimum absolute atomic E-state index is 0.0427. The Morgan fingerprint density at radius 3 is 2.89 bits per heavy atom. The first-order valence-electron chi connectivity index (χ1n) is 5.58. The molecule has 0 unspecified atom stereocenters. The van der Waals surface area contributed by atoms with Crippen molar-refractivity contribution in [2.24, 2.45) is 0 Å². The van der Waals surface area contributed by atoms with Crippen molar-refractivity contribution in [2.75, 3.05) is 13.7 Å². The van der Waals surface area contributed by atoms with Crippen molar-refractivity contribution in [3.8, 4) is 0 Å². The van der Waals surface area contributed by atoms with Crippen LogP contribution < -0.4 is 5.56 Å². The summed E-state index contributed by atoms with van der Waals surface area (Å²) >= 11 is 0. The molecule has 1 N–H and O–H groups in total.